The van der Waals surface area contributed by atoms with E-state index in [4.69, 9.17) is 21.1 Å². The van der Waals surface area contributed by atoms with Gasteiger partial charge in [-0.05, 0) is 35.9 Å². The van der Waals surface area contributed by atoms with E-state index >= 15 is 0 Å². The topological polar surface area (TPSA) is 71.3 Å². The van der Waals surface area contributed by atoms with E-state index in [1.54, 1.807) is 24.3 Å². The van der Waals surface area contributed by atoms with Crippen LogP contribution in [-0.4, -0.2) is 12.7 Å². The number of amides is 1. The van der Waals surface area contributed by atoms with Crippen molar-refractivity contribution in [2.24, 2.45) is 0 Å². The Morgan fingerprint density at radius 2 is 2.12 bits per heavy atom. The molecular weight excluding hydrogens is 335 g/mol. The molecule has 5 nitrogen and oxygen atoms in total. The van der Waals surface area contributed by atoms with Gasteiger partial charge < -0.3 is 14.8 Å². The summed E-state index contributed by atoms with van der Waals surface area (Å²) in [5.74, 6) is -0.464. The van der Waals surface area contributed by atoms with Gasteiger partial charge in [-0.15, -0.1) is 0 Å². The maximum Gasteiger partial charge on any atom is 0.266 e. The van der Waals surface area contributed by atoms with E-state index in [0.29, 0.717) is 22.1 Å². The van der Waals surface area contributed by atoms with Crippen LogP contribution in [-0.2, 0) is 4.79 Å². The predicted molar refractivity (Wildman–Crippen MR) is 86.2 cm³/mol. The van der Waals surface area contributed by atoms with Gasteiger partial charge >= 0.3 is 0 Å². The van der Waals surface area contributed by atoms with Crippen LogP contribution in [0.5, 0.6) is 11.5 Å². The van der Waals surface area contributed by atoms with E-state index in [1.807, 2.05) is 0 Å². The van der Waals surface area contributed by atoms with Crippen LogP contribution in [0.2, 0.25) is 5.02 Å². The highest BCUT2D eigenvalue weighted by Gasteiger charge is 2.19. The molecule has 0 fully saturated rings. The van der Waals surface area contributed by atoms with Crippen molar-refractivity contribution in [1.82, 2.24) is 0 Å². The van der Waals surface area contributed by atoms with Crippen LogP contribution in [0.3, 0.4) is 0 Å². The van der Waals surface area contributed by atoms with E-state index in [-0.39, 0.29) is 18.1 Å². The molecule has 3 rings (SSSR count). The maximum atomic E-state index is 13.6. The average molecular weight is 345 g/mol. The Morgan fingerprint density at radius 3 is 2.88 bits per heavy atom. The minimum absolute atomic E-state index is 0.00707. The molecule has 0 bridgehead atoms. The lowest BCUT2D eigenvalue weighted by atomic mass is 10.1. The molecule has 1 aliphatic rings. The minimum atomic E-state index is -0.726. The second-order valence-corrected chi connectivity index (χ2v) is 5.25. The first-order chi connectivity index (χ1) is 11.6. The highest BCUT2D eigenvalue weighted by Crippen LogP contribution is 2.40. The largest absolute Gasteiger partial charge is 0.454 e. The molecule has 1 aliphatic heterocycles. The lowest BCUT2D eigenvalue weighted by Gasteiger charge is -2.06. The molecule has 1 N–H and O–H groups in total. The number of nitriles is 1. The van der Waals surface area contributed by atoms with Gasteiger partial charge in [-0.2, -0.15) is 5.26 Å². The molecule has 2 aromatic carbocycles. The summed E-state index contributed by atoms with van der Waals surface area (Å²) in [6, 6.07) is 10.6. The smallest absolute Gasteiger partial charge is 0.266 e. The zero-order chi connectivity index (χ0) is 17.1. The molecule has 0 radical (unpaired) electrons. The Bertz CT molecular complexity index is 890. The van der Waals surface area contributed by atoms with Gasteiger partial charge in [0.15, 0.2) is 11.5 Å². The van der Waals surface area contributed by atoms with Crippen LogP contribution in [0.15, 0.2) is 42.0 Å². The summed E-state index contributed by atoms with van der Waals surface area (Å²) in [7, 11) is 0. The van der Waals surface area contributed by atoms with Gasteiger partial charge in [0, 0.05) is 0 Å². The van der Waals surface area contributed by atoms with Gasteiger partial charge in [0.1, 0.15) is 17.5 Å². The van der Waals surface area contributed by atoms with Crippen LogP contribution in [0.25, 0.3) is 6.08 Å². The number of para-hydroxylation sites is 1. The van der Waals surface area contributed by atoms with Crippen LogP contribution < -0.4 is 14.8 Å². The Hall–Kier alpha value is -3.04. The zero-order valence-corrected chi connectivity index (χ0v) is 12.9. The molecule has 0 unspecified atom stereocenters. The summed E-state index contributed by atoms with van der Waals surface area (Å²) in [5.41, 5.74) is 0.282. The van der Waals surface area contributed by atoms with Crippen LogP contribution in [0.4, 0.5) is 10.1 Å². The molecule has 120 valence electrons. The lowest BCUT2D eigenvalue weighted by Crippen LogP contribution is -2.14. The fourth-order valence-electron chi connectivity index (χ4n) is 2.14. The molecule has 0 saturated carbocycles. The molecule has 1 amide bonds. The summed E-state index contributed by atoms with van der Waals surface area (Å²) in [5, 5.41) is 11.9. The van der Waals surface area contributed by atoms with E-state index < -0.39 is 11.7 Å². The number of fused-ring (bicyclic) bond motifs is 1. The van der Waals surface area contributed by atoms with Gasteiger partial charge in [0.05, 0.1) is 10.7 Å². The van der Waals surface area contributed by atoms with Gasteiger partial charge in [0.25, 0.3) is 5.91 Å². The molecule has 0 aliphatic carbocycles. The van der Waals surface area contributed by atoms with Crippen LogP contribution in [0, 0.1) is 17.1 Å². The Morgan fingerprint density at radius 1 is 1.33 bits per heavy atom. The molecule has 1 heterocycles. The summed E-state index contributed by atoms with van der Waals surface area (Å²) < 4.78 is 24.0. The number of halogens is 2. The fourth-order valence-corrected chi connectivity index (χ4v) is 2.41. The van der Waals surface area contributed by atoms with Gasteiger partial charge in [-0.25, -0.2) is 4.39 Å². The van der Waals surface area contributed by atoms with Crippen molar-refractivity contribution in [2.45, 2.75) is 0 Å². The van der Waals surface area contributed by atoms with E-state index in [1.165, 1.54) is 24.3 Å². The average Bonchev–Trinajstić information content (AvgIpc) is 3.03. The van der Waals surface area contributed by atoms with Crippen molar-refractivity contribution in [1.29, 1.82) is 5.26 Å². The fraction of sp³-hybridized carbons (Fsp3) is 0.0588. The summed E-state index contributed by atoms with van der Waals surface area (Å²) in [4.78, 5) is 12.2. The third kappa shape index (κ3) is 3.16. The zero-order valence-electron chi connectivity index (χ0n) is 12.2. The van der Waals surface area contributed by atoms with Crippen molar-refractivity contribution in [3.05, 3.63) is 58.4 Å². The molecule has 2 aromatic rings. The minimum Gasteiger partial charge on any atom is -0.454 e. The molecule has 0 saturated heterocycles. The number of rotatable bonds is 3. The lowest BCUT2D eigenvalue weighted by molar-refractivity contribution is -0.112. The SMILES string of the molecule is N#C/C(=C\c1cc(Cl)c2c(c1)OCO2)C(=O)Nc1ccccc1F. The third-order valence-electron chi connectivity index (χ3n) is 3.25. The molecule has 7 heteroatoms. The van der Waals surface area contributed by atoms with Crippen molar-refractivity contribution in [3.8, 4) is 17.6 Å². The number of ether oxygens (including phenoxy) is 2. The first-order valence-electron chi connectivity index (χ1n) is 6.85. The van der Waals surface area contributed by atoms with Gasteiger partial charge in [-0.1, -0.05) is 23.7 Å². The van der Waals surface area contributed by atoms with Crippen molar-refractivity contribution in [2.75, 3.05) is 12.1 Å². The molecule has 0 spiro atoms. The van der Waals surface area contributed by atoms with E-state index in [2.05, 4.69) is 5.32 Å². The second-order valence-electron chi connectivity index (χ2n) is 4.84. The maximum absolute atomic E-state index is 13.6. The van der Waals surface area contributed by atoms with E-state index in [9.17, 15) is 14.4 Å². The Kier molecular flexibility index (Phi) is 4.36. The van der Waals surface area contributed by atoms with Crippen LogP contribution >= 0.6 is 11.6 Å². The standard InChI is InChI=1S/C17H10ClFN2O3/c18-12-6-10(7-15-16(12)24-9-23-15)5-11(8-20)17(22)21-14-4-2-1-3-13(14)19/h1-7H,9H2,(H,21,22)/b11-5+. The number of carbonyl (C=O) groups is 1. The number of nitrogens with zero attached hydrogens (tertiary/aromatic N) is 1. The number of hydrogen-bond donors (Lipinski definition) is 1. The quantitative estimate of drug-likeness (QED) is 0.680. The van der Waals surface area contributed by atoms with Gasteiger partial charge in [-0.3, -0.25) is 4.79 Å². The van der Waals surface area contributed by atoms with Crippen molar-refractivity contribution >= 4 is 29.3 Å². The molecule has 0 atom stereocenters. The summed E-state index contributed by atoms with van der Waals surface area (Å²) in [6.45, 7) is 0.0566. The third-order valence-corrected chi connectivity index (χ3v) is 3.53. The monoisotopic (exact) mass is 344 g/mol. The highest BCUT2D eigenvalue weighted by atomic mass is 35.5. The van der Waals surface area contributed by atoms with E-state index in [0.717, 1.165) is 0 Å². The first-order valence-corrected chi connectivity index (χ1v) is 7.23. The number of anilines is 1. The number of hydrogen-bond acceptors (Lipinski definition) is 4. The molecule has 24 heavy (non-hydrogen) atoms. The van der Waals surface area contributed by atoms with Crippen molar-refractivity contribution in [3.63, 3.8) is 0 Å². The Balaban J connectivity index is 1.87. The number of carbonyl (C=O) groups excluding carboxylic acids is 1. The normalized spacial score (nSPS) is 12.6. The predicted octanol–water partition coefficient (Wildman–Crippen LogP) is 3.75. The molecule has 0 aromatic heterocycles. The second kappa shape index (κ2) is 6.60. The molecular formula is C17H10ClFN2O3. The van der Waals surface area contributed by atoms with Crippen LogP contribution in [0.1, 0.15) is 5.56 Å². The number of nitrogens with one attached hydrogen (secondary N) is 1. The van der Waals surface area contributed by atoms with Crippen molar-refractivity contribution < 1.29 is 18.7 Å². The Labute approximate surface area is 141 Å². The summed E-state index contributed by atoms with van der Waals surface area (Å²) in [6.07, 6.45) is 1.34. The first kappa shape index (κ1) is 15.8. The summed E-state index contributed by atoms with van der Waals surface area (Å²) >= 11 is 6.06. The number of benzene rings is 2. The highest BCUT2D eigenvalue weighted by molar-refractivity contribution is 6.32. The van der Waals surface area contributed by atoms with Gasteiger partial charge in [0.2, 0.25) is 6.79 Å².